The Bertz CT molecular complexity index is 65.4. The van der Waals surface area contributed by atoms with Crippen molar-refractivity contribution in [1.29, 1.82) is 0 Å². The number of rotatable bonds is 1. The molecule has 0 saturated heterocycles. The van der Waals surface area contributed by atoms with E-state index in [1.165, 1.54) is 11.8 Å². The van der Waals surface area contributed by atoms with Gasteiger partial charge in [0.15, 0.2) is 5.50 Å². The van der Waals surface area contributed by atoms with Crippen molar-refractivity contribution in [1.82, 2.24) is 0 Å². The third-order valence-electron chi connectivity index (χ3n) is 0.888. The van der Waals surface area contributed by atoms with Gasteiger partial charge in [0, 0.05) is 5.41 Å². The Morgan fingerprint density at radius 2 is 1.75 bits per heavy atom. The van der Waals surface area contributed by atoms with Crippen molar-refractivity contribution in [3.63, 3.8) is 0 Å². The van der Waals surface area contributed by atoms with E-state index in [1.807, 2.05) is 20.8 Å². The highest BCUT2D eigenvalue weighted by Crippen LogP contribution is 2.29. The van der Waals surface area contributed by atoms with E-state index in [9.17, 15) is 4.39 Å². The van der Waals surface area contributed by atoms with Gasteiger partial charge >= 0.3 is 0 Å². The molecule has 0 rings (SSSR count). The standard InChI is InChI=1S/C6H13FS/c1-6(2,3)5(7)8-4/h5H,1-4H3. The molecular formula is C6H13FS. The average molecular weight is 136 g/mol. The van der Waals surface area contributed by atoms with Crippen LogP contribution in [0.5, 0.6) is 0 Å². The molecule has 0 bridgehead atoms. The second-order valence-corrected chi connectivity index (χ2v) is 3.80. The van der Waals surface area contributed by atoms with Gasteiger partial charge in [-0.15, -0.1) is 11.8 Å². The van der Waals surface area contributed by atoms with Crippen LogP contribution in [-0.4, -0.2) is 11.8 Å². The minimum atomic E-state index is -0.734. The molecule has 0 amide bonds. The first-order valence-electron chi connectivity index (χ1n) is 2.65. The van der Waals surface area contributed by atoms with Crippen LogP contribution in [0.15, 0.2) is 0 Å². The summed E-state index contributed by atoms with van der Waals surface area (Å²) < 4.78 is 12.6. The van der Waals surface area contributed by atoms with Gasteiger partial charge < -0.3 is 0 Å². The minimum Gasteiger partial charge on any atom is -0.235 e. The molecule has 50 valence electrons. The summed E-state index contributed by atoms with van der Waals surface area (Å²) in [5, 5.41) is 0. The van der Waals surface area contributed by atoms with E-state index in [-0.39, 0.29) is 5.41 Å². The van der Waals surface area contributed by atoms with E-state index >= 15 is 0 Å². The molecule has 0 aliphatic heterocycles. The predicted octanol–water partition coefficient (Wildman–Crippen LogP) is 2.69. The average Bonchev–Trinajstić information content (AvgIpc) is 1.62. The highest BCUT2D eigenvalue weighted by atomic mass is 32.2. The molecule has 0 aromatic rings. The second-order valence-electron chi connectivity index (χ2n) is 2.92. The van der Waals surface area contributed by atoms with E-state index in [0.29, 0.717) is 0 Å². The summed E-state index contributed by atoms with van der Waals surface area (Å²) in [6.07, 6.45) is 1.79. The van der Waals surface area contributed by atoms with E-state index < -0.39 is 5.50 Å². The fourth-order valence-electron chi connectivity index (χ4n) is 0.354. The summed E-state index contributed by atoms with van der Waals surface area (Å²) in [6, 6.07) is 0. The van der Waals surface area contributed by atoms with Crippen LogP contribution >= 0.6 is 11.8 Å². The van der Waals surface area contributed by atoms with Crippen molar-refractivity contribution in [2.45, 2.75) is 26.3 Å². The molecule has 0 saturated carbocycles. The second kappa shape index (κ2) is 2.72. The van der Waals surface area contributed by atoms with Crippen LogP contribution < -0.4 is 0 Å². The molecule has 0 radical (unpaired) electrons. The highest BCUT2D eigenvalue weighted by Gasteiger charge is 2.22. The lowest BCUT2D eigenvalue weighted by atomic mass is 9.99. The number of alkyl halides is 1. The molecule has 0 N–H and O–H groups in total. The summed E-state index contributed by atoms with van der Waals surface area (Å²) in [5.74, 6) is 0. The first-order valence-corrected chi connectivity index (χ1v) is 3.94. The summed E-state index contributed by atoms with van der Waals surface area (Å²) in [6.45, 7) is 5.69. The Hall–Kier alpha value is 0.280. The first kappa shape index (κ1) is 8.28. The topological polar surface area (TPSA) is 0 Å². The van der Waals surface area contributed by atoms with Crippen molar-refractivity contribution in [3.05, 3.63) is 0 Å². The summed E-state index contributed by atoms with van der Waals surface area (Å²) >= 11 is 1.27. The number of hydrogen-bond acceptors (Lipinski definition) is 1. The molecule has 0 aliphatic carbocycles. The van der Waals surface area contributed by atoms with E-state index in [2.05, 4.69) is 0 Å². The Kier molecular flexibility index (Phi) is 2.81. The number of hydrogen-bond donors (Lipinski definition) is 0. The van der Waals surface area contributed by atoms with E-state index in [0.717, 1.165) is 0 Å². The normalized spacial score (nSPS) is 16.1. The summed E-state index contributed by atoms with van der Waals surface area (Å²) in [4.78, 5) is 0. The zero-order valence-electron chi connectivity index (χ0n) is 5.86. The maximum atomic E-state index is 12.6. The van der Waals surface area contributed by atoms with Gasteiger partial charge in [-0.25, -0.2) is 4.39 Å². The lowest BCUT2D eigenvalue weighted by Crippen LogP contribution is -2.17. The van der Waals surface area contributed by atoms with Crippen LogP contribution in [0, 0.1) is 5.41 Å². The molecule has 2 heteroatoms. The Morgan fingerprint density at radius 1 is 1.38 bits per heavy atom. The van der Waals surface area contributed by atoms with Crippen LogP contribution in [0.25, 0.3) is 0 Å². The molecular weight excluding hydrogens is 123 g/mol. The number of halogens is 1. The maximum Gasteiger partial charge on any atom is 0.150 e. The van der Waals surface area contributed by atoms with Crippen LogP contribution in [0.4, 0.5) is 4.39 Å². The third-order valence-corrected chi connectivity index (χ3v) is 2.01. The van der Waals surface area contributed by atoms with Gasteiger partial charge in [0.2, 0.25) is 0 Å². The lowest BCUT2D eigenvalue weighted by Gasteiger charge is -2.20. The molecule has 0 aliphatic rings. The molecule has 1 atom stereocenters. The lowest BCUT2D eigenvalue weighted by molar-refractivity contribution is 0.250. The predicted molar refractivity (Wildman–Crippen MR) is 37.9 cm³/mol. The fraction of sp³-hybridized carbons (Fsp3) is 1.00. The molecule has 8 heavy (non-hydrogen) atoms. The van der Waals surface area contributed by atoms with Crippen molar-refractivity contribution < 1.29 is 4.39 Å². The quantitative estimate of drug-likeness (QED) is 0.534. The van der Waals surface area contributed by atoms with Gasteiger partial charge in [0.05, 0.1) is 0 Å². The van der Waals surface area contributed by atoms with Gasteiger partial charge in [0.25, 0.3) is 0 Å². The minimum absolute atomic E-state index is 0.195. The molecule has 0 spiro atoms. The van der Waals surface area contributed by atoms with Crippen LogP contribution in [0.2, 0.25) is 0 Å². The molecule has 0 nitrogen and oxygen atoms in total. The van der Waals surface area contributed by atoms with E-state index in [1.54, 1.807) is 6.26 Å². The van der Waals surface area contributed by atoms with Gasteiger partial charge in [-0.3, -0.25) is 0 Å². The van der Waals surface area contributed by atoms with E-state index in [4.69, 9.17) is 0 Å². The van der Waals surface area contributed by atoms with Gasteiger partial charge in [-0.2, -0.15) is 0 Å². The van der Waals surface area contributed by atoms with Crippen molar-refractivity contribution in [3.8, 4) is 0 Å². The largest absolute Gasteiger partial charge is 0.235 e. The Labute approximate surface area is 54.9 Å². The Balaban J connectivity index is 3.62. The summed E-state index contributed by atoms with van der Waals surface area (Å²) in [7, 11) is 0. The Morgan fingerprint density at radius 3 is 1.75 bits per heavy atom. The number of thioether (sulfide) groups is 1. The third kappa shape index (κ3) is 2.55. The zero-order valence-corrected chi connectivity index (χ0v) is 6.68. The van der Waals surface area contributed by atoms with Crippen LogP contribution in [0.1, 0.15) is 20.8 Å². The van der Waals surface area contributed by atoms with Crippen molar-refractivity contribution >= 4 is 11.8 Å². The van der Waals surface area contributed by atoms with Gasteiger partial charge in [-0.05, 0) is 6.26 Å². The van der Waals surface area contributed by atoms with Gasteiger partial charge in [0.1, 0.15) is 0 Å². The van der Waals surface area contributed by atoms with Crippen LogP contribution in [-0.2, 0) is 0 Å². The molecule has 0 aromatic heterocycles. The first-order chi connectivity index (χ1) is 3.48. The van der Waals surface area contributed by atoms with Crippen molar-refractivity contribution in [2.24, 2.45) is 5.41 Å². The van der Waals surface area contributed by atoms with Crippen LogP contribution in [0.3, 0.4) is 0 Å². The molecule has 1 unspecified atom stereocenters. The smallest absolute Gasteiger partial charge is 0.150 e. The van der Waals surface area contributed by atoms with Gasteiger partial charge in [-0.1, -0.05) is 20.8 Å². The molecule has 0 fully saturated rings. The molecule has 0 heterocycles. The summed E-state index contributed by atoms with van der Waals surface area (Å²) in [5.41, 5.74) is -0.929. The fourth-order valence-corrected chi connectivity index (χ4v) is 1.06. The van der Waals surface area contributed by atoms with Crippen molar-refractivity contribution in [2.75, 3.05) is 6.26 Å². The maximum absolute atomic E-state index is 12.6. The highest BCUT2D eigenvalue weighted by molar-refractivity contribution is 7.99. The molecule has 0 aromatic carbocycles. The zero-order chi connectivity index (χ0) is 6.78. The monoisotopic (exact) mass is 136 g/mol. The SMILES string of the molecule is CSC(F)C(C)(C)C.